The summed E-state index contributed by atoms with van der Waals surface area (Å²) in [6.07, 6.45) is 0.458. The van der Waals surface area contributed by atoms with Crippen LogP contribution in [0.15, 0.2) is 24.3 Å². The van der Waals surface area contributed by atoms with Crippen molar-refractivity contribution in [2.75, 3.05) is 26.8 Å². The molecule has 1 aromatic rings. The summed E-state index contributed by atoms with van der Waals surface area (Å²) in [6.45, 7) is 3.07. The number of rotatable bonds is 9. The number of amides is 4. The van der Waals surface area contributed by atoms with Gasteiger partial charge < -0.3 is 20.1 Å². The Hall–Kier alpha value is -3.10. The van der Waals surface area contributed by atoms with Crippen LogP contribution >= 0.6 is 0 Å². The summed E-state index contributed by atoms with van der Waals surface area (Å²) in [5.74, 6) is -0.716. The number of urea groups is 1. The van der Waals surface area contributed by atoms with E-state index in [4.69, 9.17) is 9.47 Å². The van der Waals surface area contributed by atoms with Crippen LogP contribution in [-0.4, -0.2) is 61.1 Å². The monoisotopic (exact) mass is 391 g/mol. The molecule has 28 heavy (non-hydrogen) atoms. The summed E-state index contributed by atoms with van der Waals surface area (Å²) in [5, 5.41) is 5.19. The van der Waals surface area contributed by atoms with E-state index >= 15 is 0 Å². The first-order chi connectivity index (χ1) is 13.2. The maximum Gasteiger partial charge on any atom is 0.325 e. The van der Waals surface area contributed by atoms with Crippen molar-refractivity contribution in [2.45, 2.75) is 32.2 Å². The van der Waals surface area contributed by atoms with Gasteiger partial charge in [0.25, 0.3) is 11.8 Å². The van der Waals surface area contributed by atoms with Gasteiger partial charge in [-0.2, -0.15) is 0 Å². The summed E-state index contributed by atoms with van der Waals surface area (Å²) in [6, 6.07) is 6.94. The molecule has 2 N–H and O–H groups in total. The van der Waals surface area contributed by atoms with Crippen molar-refractivity contribution in [3.63, 3.8) is 0 Å². The molecule has 1 heterocycles. The van der Waals surface area contributed by atoms with Gasteiger partial charge in [-0.05, 0) is 38.0 Å². The van der Waals surface area contributed by atoms with Crippen LogP contribution in [0.2, 0.25) is 0 Å². The van der Waals surface area contributed by atoms with E-state index in [0.717, 1.165) is 16.2 Å². The average Bonchev–Trinajstić information content (AvgIpc) is 2.86. The molecule has 9 heteroatoms. The Kier molecular flexibility index (Phi) is 6.97. The van der Waals surface area contributed by atoms with Crippen LogP contribution in [0.25, 0.3) is 0 Å². The highest BCUT2D eigenvalue weighted by Gasteiger charge is 2.44. The van der Waals surface area contributed by atoms with Gasteiger partial charge in [-0.3, -0.25) is 19.3 Å². The minimum absolute atomic E-state index is 0.0913. The Labute approximate surface area is 163 Å². The van der Waals surface area contributed by atoms with Crippen LogP contribution < -0.4 is 15.4 Å². The topological polar surface area (TPSA) is 114 Å². The summed E-state index contributed by atoms with van der Waals surface area (Å²) < 4.78 is 9.96. The van der Waals surface area contributed by atoms with Crippen molar-refractivity contribution in [1.29, 1.82) is 0 Å². The van der Waals surface area contributed by atoms with Crippen molar-refractivity contribution in [3.05, 3.63) is 29.8 Å². The third-order valence-electron chi connectivity index (χ3n) is 4.24. The van der Waals surface area contributed by atoms with E-state index in [2.05, 4.69) is 10.6 Å². The molecule has 4 amide bonds. The molecule has 1 saturated heterocycles. The lowest BCUT2D eigenvalue weighted by molar-refractivity contribution is -0.149. The number of carbonyl (C=O) groups is 4. The largest absolute Gasteiger partial charge is 0.497 e. The first kappa shape index (κ1) is 21.2. The summed E-state index contributed by atoms with van der Waals surface area (Å²) >= 11 is 0. The van der Waals surface area contributed by atoms with Crippen LogP contribution in [-0.2, 0) is 25.5 Å². The maximum absolute atomic E-state index is 12.0. The quantitative estimate of drug-likeness (QED) is 0.471. The Balaban J connectivity index is 1.63. The molecule has 0 spiro atoms. The Bertz CT molecular complexity index is 745. The number of ether oxygens (including phenoxy) is 2. The van der Waals surface area contributed by atoms with Crippen LogP contribution in [0.5, 0.6) is 5.75 Å². The molecule has 1 fully saturated rings. The van der Waals surface area contributed by atoms with Crippen molar-refractivity contribution >= 4 is 23.8 Å². The van der Waals surface area contributed by atoms with Gasteiger partial charge in [0, 0.05) is 13.1 Å². The molecule has 1 aliphatic rings. The van der Waals surface area contributed by atoms with E-state index in [9.17, 15) is 19.2 Å². The van der Waals surface area contributed by atoms with Gasteiger partial charge in [0.2, 0.25) is 0 Å². The number of benzene rings is 1. The molecule has 1 aliphatic heterocycles. The number of methoxy groups -OCH3 is 1. The number of nitrogens with one attached hydrogen (secondary N) is 2. The van der Waals surface area contributed by atoms with Gasteiger partial charge >= 0.3 is 12.0 Å². The molecule has 0 bridgehead atoms. The first-order valence-electron chi connectivity index (χ1n) is 8.92. The number of nitrogens with zero attached hydrogens (tertiary/aromatic N) is 1. The van der Waals surface area contributed by atoms with Crippen molar-refractivity contribution in [3.8, 4) is 5.75 Å². The predicted octanol–water partition coefficient (Wildman–Crippen LogP) is 0.618. The number of hydrogen-bond donors (Lipinski definition) is 2. The molecule has 2 rings (SSSR count). The zero-order valence-electron chi connectivity index (χ0n) is 16.2. The van der Waals surface area contributed by atoms with Gasteiger partial charge in [0.15, 0.2) is 6.61 Å². The van der Waals surface area contributed by atoms with Crippen LogP contribution in [0, 0.1) is 0 Å². The van der Waals surface area contributed by atoms with Gasteiger partial charge in [-0.25, -0.2) is 4.79 Å². The molecule has 1 aromatic carbocycles. The smallest absolute Gasteiger partial charge is 0.325 e. The third kappa shape index (κ3) is 5.70. The molecule has 9 nitrogen and oxygen atoms in total. The third-order valence-corrected chi connectivity index (χ3v) is 4.24. The minimum atomic E-state index is -0.981. The van der Waals surface area contributed by atoms with E-state index in [0.29, 0.717) is 13.0 Å². The van der Waals surface area contributed by atoms with Crippen LogP contribution in [0.1, 0.15) is 25.8 Å². The zero-order valence-corrected chi connectivity index (χ0v) is 16.2. The van der Waals surface area contributed by atoms with Gasteiger partial charge in [0.1, 0.15) is 11.3 Å². The lowest BCUT2D eigenvalue weighted by atomic mass is 10.1. The second-order valence-corrected chi connectivity index (χ2v) is 6.87. The number of carbonyl (C=O) groups excluding carboxylic acids is 4. The summed E-state index contributed by atoms with van der Waals surface area (Å²) in [5.41, 5.74) is 0.0553. The molecular formula is C19H25N3O6. The molecule has 0 unspecified atom stereocenters. The SMILES string of the molecule is COc1ccc(CCNC(=O)COC(=O)CCN2C(=O)NC(C)(C)C2=O)cc1. The highest BCUT2D eigenvalue weighted by molar-refractivity contribution is 6.06. The second kappa shape index (κ2) is 9.20. The van der Waals surface area contributed by atoms with Gasteiger partial charge in [0.05, 0.1) is 13.5 Å². The van der Waals surface area contributed by atoms with E-state index in [1.165, 1.54) is 0 Å². The zero-order chi connectivity index (χ0) is 20.7. The Morgan fingerprint density at radius 3 is 2.43 bits per heavy atom. The number of imide groups is 1. The van der Waals surface area contributed by atoms with Crippen molar-refractivity contribution in [1.82, 2.24) is 15.5 Å². The fourth-order valence-electron chi connectivity index (χ4n) is 2.63. The van der Waals surface area contributed by atoms with E-state index in [1.807, 2.05) is 24.3 Å². The number of hydrogen-bond acceptors (Lipinski definition) is 6. The van der Waals surface area contributed by atoms with Crippen molar-refractivity contribution in [2.24, 2.45) is 0 Å². The molecule has 0 aliphatic carbocycles. The fourth-order valence-corrected chi connectivity index (χ4v) is 2.63. The van der Waals surface area contributed by atoms with Crippen molar-refractivity contribution < 1.29 is 28.7 Å². The van der Waals surface area contributed by atoms with Crippen LogP contribution in [0.4, 0.5) is 4.79 Å². The summed E-state index contributed by atoms with van der Waals surface area (Å²) in [4.78, 5) is 48.2. The minimum Gasteiger partial charge on any atom is -0.497 e. The van der Waals surface area contributed by atoms with Crippen LogP contribution in [0.3, 0.4) is 0 Å². The predicted molar refractivity (Wildman–Crippen MR) is 99.6 cm³/mol. The lowest BCUT2D eigenvalue weighted by Crippen LogP contribution is -2.40. The standard InChI is InChI=1S/C19H25N3O6/c1-19(2)17(25)22(18(26)21-19)11-9-16(24)28-12-15(23)20-10-8-13-4-6-14(27-3)7-5-13/h4-7H,8-12H2,1-3H3,(H,20,23)(H,21,26). The molecule has 0 radical (unpaired) electrons. The van der Waals surface area contributed by atoms with E-state index in [-0.39, 0.29) is 13.0 Å². The molecular weight excluding hydrogens is 366 g/mol. The number of esters is 1. The lowest BCUT2D eigenvalue weighted by Gasteiger charge is -2.15. The normalized spacial score (nSPS) is 15.2. The Morgan fingerprint density at radius 1 is 1.18 bits per heavy atom. The molecule has 0 saturated carbocycles. The average molecular weight is 391 g/mol. The van der Waals surface area contributed by atoms with Gasteiger partial charge in [-0.1, -0.05) is 12.1 Å². The fraction of sp³-hybridized carbons (Fsp3) is 0.474. The second-order valence-electron chi connectivity index (χ2n) is 6.87. The first-order valence-corrected chi connectivity index (χ1v) is 8.92. The molecule has 152 valence electrons. The summed E-state index contributed by atoms with van der Waals surface area (Å²) in [7, 11) is 1.59. The Morgan fingerprint density at radius 2 is 1.86 bits per heavy atom. The maximum atomic E-state index is 12.0. The highest BCUT2D eigenvalue weighted by atomic mass is 16.5. The van der Waals surface area contributed by atoms with E-state index < -0.39 is 36.0 Å². The molecule has 0 atom stereocenters. The highest BCUT2D eigenvalue weighted by Crippen LogP contribution is 2.16. The molecule has 0 aromatic heterocycles. The van der Waals surface area contributed by atoms with E-state index in [1.54, 1.807) is 21.0 Å². The van der Waals surface area contributed by atoms with Gasteiger partial charge in [-0.15, -0.1) is 0 Å².